The molecule has 1 aromatic carbocycles. The van der Waals surface area contributed by atoms with Gasteiger partial charge in [-0.15, -0.1) is 0 Å². The minimum Gasteiger partial charge on any atom is -0.287 e. The molecule has 12 heavy (non-hydrogen) atoms. The third-order valence-electron chi connectivity index (χ3n) is 1.19. The molecule has 0 unspecified atom stereocenters. The lowest BCUT2D eigenvalue weighted by Crippen LogP contribution is -2.05. The zero-order valence-electron chi connectivity index (χ0n) is 5.80. The van der Waals surface area contributed by atoms with E-state index in [4.69, 9.17) is 23.2 Å². The highest BCUT2D eigenvalue weighted by atomic mass is 35.5. The van der Waals surface area contributed by atoms with Crippen molar-refractivity contribution in [2.24, 2.45) is 0 Å². The molecular formula is C7H4Cl2NO2. The minimum absolute atomic E-state index is 0.170. The number of anilines is 1. The molecule has 1 N–H and O–H groups in total. The van der Waals surface area contributed by atoms with E-state index in [0.717, 1.165) is 0 Å². The van der Waals surface area contributed by atoms with Gasteiger partial charge < -0.3 is 0 Å². The quantitative estimate of drug-likeness (QED) is 0.752. The van der Waals surface area contributed by atoms with Gasteiger partial charge in [0.1, 0.15) is 0 Å². The Morgan fingerprint density at radius 3 is 2.58 bits per heavy atom. The summed E-state index contributed by atoms with van der Waals surface area (Å²) in [5.74, 6) is 0. The largest absolute Gasteiger partial charge is 0.454 e. The number of rotatable bonds is 1. The van der Waals surface area contributed by atoms with E-state index < -0.39 is 6.09 Å². The van der Waals surface area contributed by atoms with E-state index in [1.165, 1.54) is 6.07 Å². The number of halogens is 2. The Kier molecular flexibility index (Phi) is 2.78. The topological polar surface area (TPSA) is 49.0 Å². The Morgan fingerprint density at radius 1 is 1.33 bits per heavy atom. The standard InChI is InChI=1S/C7H4Cl2NO2/c8-4-2-1-3-5(6(4)9)10-7(11)12/h1-3,10H. The maximum Gasteiger partial charge on any atom is 0.454 e. The third kappa shape index (κ3) is 2.03. The summed E-state index contributed by atoms with van der Waals surface area (Å²) in [6.07, 6.45) is -1.42. The Balaban J connectivity index is 3.00. The maximum atomic E-state index is 10.1. The fraction of sp³-hybridized carbons (Fsp3) is 0. The molecule has 0 aliphatic carbocycles. The van der Waals surface area contributed by atoms with Crippen LogP contribution in [0.25, 0.3) is 0 Å². The maximum absolute atomic E-state index is 10.1. The van der Waals surface area contributed by atoms with Gasteiger partial charge in [-0.2, -0.15) is 0 Å². The van der Waals surface area contributed by atoms with Crippen LogP contribution in [0.1, 0.15) is 0 Å². The molecule has 3 nitrogen and oxygen atoms in total. The lowest BCUT2D eigenvalue weighted by atomic mass is 10.3. The molecule has 0 saturated heterocycles. The van der Waals surface area contributed by atoms with Gasteiger partial charge in [0.05, 0.1) is 15.7 Å². The molecule has 63 valence electrons. The number of nitrogens with one attached hydrogen (secondary N) is 1. The molecule has 5 heteroatoms. The number of hydrogen-bond donors (Lipinski definition) is 1. The van der Waals surface area contributed by atoms with Crippen molar-refractivity contribution in [3.05, 3.63) is 28.2 Å². The summed E-state index contributed by atoms with van der Waals surface area (Å²) in [5, 5.41) is 12.6. The third-order valence-corrected chi connectivity index (χ3v) is 2.01. The fourth-order valence-electron chi connectivity index (χ4n) is 0.710. The molecule has 1 amide bonds. The van der Waals surface area contributed by atoms with Crippen LogP contribution in [-0.2, 0) is 5.11 Å². The van der Waals surface area contributed by atoms with E-state index in [1.54, 1.807) is 12.1 Å². The van der Waals surface area contributed by atoms with E-state index in [0.29, 0.717) is 5.02 Å². The molecule has 0 aliphatic rings. The number of benzene rings is 1. The Morgan fingerprint density at radius 2 is 2.00 bits per heavy atom. The second-order valence-electron chi connectivity index (χ2n) is 2.01. The second-order valence-corrected chi connectivity index (χ2v) is 2.80. The van der Waals surface area contributed by atoms with E-state index in [2.05, 4.69) is 0 Å². The highest BCUT2D eigenvalue weighted by molar-refractivity contribution is 6.43. The highest BCUT2D eigenvalue weighted by Gasteiger charge is 2.06. The van der Waals surface area contributed by atoms with Crippen LogP contribution in [-0.4, -0.2) is 6.09 Å². The molecule has 1 rings (SSSR count). The average Bonchev–Trinajstić information content (AvgIpc) is 1.98. The SMILES string of the molecule is [O]C(=O)Nc1cccc(Cl)c1Cl. The first-order chi connectivity index (χ1) is 5.61. The first-order valence-electron chi connectivity index (χ1n) is 3.03. The molecule has 0 aliphatic heterocycles. The van der Waals surface area contributed by atoms with Gasteiger partial charge in [-0.1, -0.05) is 29.3 Å². The van der Waals surface area contributed by atoms with Crippen LogP contribution in [0.2, 0.25) is 10.0 Å². The summed E-state index contributed by atoms with van der Waals surface area (Å²) >= 11 is 11.3. The lowest BCUT2D eigenvalue weighted by molar-refractivity contribution is 0.185. The summed E-state index contributed by atoms with van der Waals surface area (Å²) in [4.78, 5) is 10.1. The van der Waals surface area contributed by atoms with Crippen molar-refractivity contribution < 1.29 is 9.90 Å². The van der Waals surface area contributed by atoms with Crippen molar-refractivity contribution in [2.75, 3.05) is 5.32 Å². The Bertz CT molecular complexity index is 314. The van der Waals surface area contributed by atoms with Crippen molar-refractivity contribution in [2.45, 2.75) is 0 Å². The Labute approximate surface area is 78.9 Å². The van der Waals surface area contributed by atoms with Crippen molar-refractivity contribution in [3.63, 3.8) is 0 Å². The number of amides is 1. The number of hydrogen-bond acceptors (Lipinski definition) is 1. The molecule has 0 aromatic heterocycles. The van der Waals surface area contributed by atoms with Gasteiger partial charge in [0, 0.05) is 0 Å². The van der Waals surface area contributed by atoms with Crippen molar-refractivity contribution in [1.82, 2.24) is 0 Å². The van der Waals surface area contributed by atoms with Crippen LogP contribution in [0, 0.1) is 0 Å². The Hall–Kier alpha value is -0.930. The molecular weight excluding hydrogens is 201 g/mol. The molecule has 0 heterocycles. The van der Waals surface area contributed by atoms with E-state index >= 15 is 0 Å². The summed E-state index contributed by atoms with van der Waals surface area (Å²) in [6, 6.07) is 4.63. The zero-order chi connectivity index (χ0) is 9.14. The smallest absolute Gasteiger partial charge is 0.287 e. The molecule has 0 spiro atoms. The van der Waals surface area contributed by atoms with Gasteiger partial charge in [0.2, 0.25) is 0 Å². The van der Waals surface area contributed by atoms with Crippen LogP contribution in [0.4, 0.5) is 10.5 Å². The predicted octanol–water partition coefficient (Wildman–Crippen LogP) is 2.96. The molecule has 0 atom stereocenters. The molecule has 1 radical (unpaired) electrons. The monoisotopic (exact) mass is 204 g/mol. The number of carbonyl (C=O) groups is 1. The van der Waals surface area contributed by atoms with Crippen LogP contribution < -0.4 is 5.32 Å². The van der Waals surface area contributed by atoms with Gasteiger partial charge in [0.25, 0.3) is 0 Å². The molecule has 0 fully saturated rings. The van der Waals surface area contributed by atoms with Gasteiger partial charge in [0.15, 0.2) is 0 Å². The zero-order valence-corrected chi connectivity index (χ0v) is 7.32. The van der Waals surface area contributed by atoms with Crippen molar-refractivity contribution >= 4 is 35.0 Å². The minimum atomic E-state index is -1.42. The van der Waals surface area contributed by atoms with E-state index in [-0.39, 0.29) is 10.7 Å². The summed E-state index contributed by atoms with van der Waals surface area (Å²) < 4.78 is 0. The summed E-state index contributed by atoms with van der Waals surface area (Å²) in [7, 11) is 0. The van der Waals surface area contributed by atoms with E-state index in [9.17, 15) is 9.90 Å². The fourth-order valence-corrected chi connectivity index (χ4v) is 1.06. The first-order valence-corrected chi connectivity index (χ1v) is 3.79. The predicted molar refractivity (Wildman–Crippen MR) is 46.2 cm³/mol. The number of carbonyl (C=O) groups excluding carboxylic acids is 1. The van der Waals surface area contributed by atoms with Crippen LogP contribution in [0.3, 0.4) is 0 Å². The average molecular weight is 205 g/mol. The summed E-state index contributed by atoms with van der Waals surface area (Å²) in [5.41, 5.74) is 0.226. The molecule has 1 aromatic rings. The van der Waals surface area contributed by atoms with Gasteiger partial charge in [-0.25, -0.2) is 9.90 Å². The van der Waals surface area contributed by atoms with Gasteiger partial charge >= 0.3 is 6.09 Å². The van der Waals surface area contributed by atoms with Crippen molar-refractivity contribution in [1.29, 1.82) is 0 Å². The first kappa shape index (κ1) is 9.16. The van der Waals surface area contributed by atoms with Crippen LogP contribution >= 0.6 is 23.2 Å². The molecule has 0 saturated carbocycles. The van der Waals surface area contributed by atoms with Crippen LogP contribution in [0.15, 0.2) is 18.2 Å². The summed E-state index contributed by atoms with van der Waals surface area (Å²) in [6.45, 7) is 0. The lowest BCUT2D eigenvalue weighted by Gasteiger charge is -2.02. The highest BCUT2D eigenvalue weighted by Crippen LogP contribution is 2.29. The second kappa shape index (κ2) is 3.65. The van der Waals surface area contributed by atoms with E-state index in [1.807, 2.05) is 5.32 Å². The van der Waals surface area contributed by atoms with Crippen molar-refractivity contribution in [3.8, 4) is 0 Å². The normalized spacial score (nSPS) is 9.50. The van der Waals surface area contributed by atoms with Crippen LogP contribution in [0.5, 0.6) is 0 Å². The van der Waals surface area contributed by atoms with Gasteiger partial charge in [-0.05, 0) is 12.1 Å². The van der Waals surface area contributed by atoms with Gasteiger partial charge in [-0.3, -0.25) is 5.32 Å². The molecule has 0 bridgehead atoms.